The fourth-order valence-corrected chi connectivity index (χ4v) is 3.56. The van der Waals surface area contributed by atoms with Crippen molar-refractivity contribution in [2.24, 2.45) is 10.9 Å². The smallest absolute Gasteiger partial charge is 0.191 e. The minimum Gasteiger partial charge on any atom is -0.497 e. The van der Waals surface area contributed by atoms with E-state index in [0.717, 1.165) is 77.0 Å². The molecule has 6 nitrogen and oxygen atoms in total. The summed E-state index contributed by atoms with van der Waals surface area (Å²) in [6.07, 6.45) is 4.63. The molecule has 0 saturated carbocycles. The van der Waals surface area contributed by atoms with Crippen molar-refractivity contribution >= 4 is 29.9 Å². The molecule has 1 aromatic rings. The monoisotopic (exact) mass is 532 g/mol. The molecule has 0 aromatic heterocycles. The number of nitrogens with zero attached hydrogens (tertiary/aromatic N) is 2. The summed E-state index contributed by atoms with van der Waals surface area (Å²) >= 11 is 0. The molecule has 2 N–H and O–H groups in total. The average Bonchev–Trinajstić information content (AvgIpc) is 2.76. The SMILES string of the molecule is CCNC(=NCC1CCN(Cc2ccc(OC)cc2)CC1)NCCCCOCC.I. The van der Waals surface area contributed by atoms with E-state index in [1.54, 1.807) is 7.11 Å². The maximum absolute atomic E-state index is 5.39. The number of aliphatic imine (C=N–C) groups is 1. The summed E-state index contributed by atoms with van der Waals surface area (Å²) in [7, 11) is 1.71. The second-order valence-electron chi connectivity index (χ2n) is 7.62. The Hall–Kier alpha value is -1.06. The van der Waals surface area contributed by atoms with Gasteiger partial charge in [-0.25, -0.2) is 0 Å². The van der Waals surface area contributed by atoms with E-state index in [1.807, 2.05) is 19.1 Å². The number of rotatable bonds is 12. The van der Waals surface area contributed by atoms with Crippen LogP contribution in [0.3, 0.4) is 0 Å². The molecule has 7 heteroatoms. The number of hydrogen-bond donors (Lipinski definition) is 2. The van der Waals surface area contributed by atoms with Crippen molar-refractivity contribution in [2.75, 3.05) is 53.0 Å². The Labute approximate surface area is 200 Å². The molecule has 2 rings (SSSR count). The number of guanidine groups is 1. The average molecular weight is 533 g/mol. The van der Waals surface area contributed by atoms with Crippen molar-refractivity contribution in [2.45, 2.75) is 46.1 Å². The predicted octanol–water partition coefficient (Wildman–Crippen LogP) is 3.90. The summed E-state index contributed by atoms with van der Waals surface area (Å²) in [5, 5.41) is 6.81. The van der Waals surface area contributed by atoms with Gasteiger partial charge in [0.05, 0.1) is 7.11 Å². The van der Waals surface area contributed by atoms with Crippen LogP contribution in [0.15, 0.2) is 29.3 Å². The first-order valence-electron chi connectivity index (χ1n) is 11.2. The van der Waals surface area contributed by atoms with E-state index in [2.05, 4.69) is 34.6 Å². The van der Waals surface area contributed by atoms with Crippen molar-refractivity contribution in [3.8, 4) is 5.75 Å². The Balaban J connectivity index is 0.00000450. The van der Waals surface area contributed by atoms with Gasteiger partial charge in [-0.1, -0.05) is 12.1 Å². The van der Waals surface area contributed by atoms with Gasteiger partial charge in [0.1, 0.15) is 5.75 Å². The van der Waals surface area contributed by atoms with Crippen molar-refractivity contribution in [3.63, 3.8) is 0 Å². The van der Waals surface area contributed by atoms with Gasteiger partial charge in [-0.3, -0.25) is 9.89 Å². The molecule has 0 bridgehead atoms. The molecular weight excluding hydrogens is 491 g/mol. The van der Waals surface area contributed by atoms with Crippen LogP contribution in [0, 0.1) is 5.92 Å². The van der Waals surface area contributed by atoms with Crippen LogP contribution in [0.25, 0.3) is 0 Å². The zero-order valence-electron chi connectivity index (χ0n) is 19.0. The number of likely N-dealkylation sites (tertiary alicyclic amines) is 1. The number of piperidine rings is 1. The highest BCUT2D eigenvalue weighted by molar-refractivity contribution is 14.0. The van der Waals surface area contributed by atoms with Gasteiger partial charge in [0.2, 0.25) is 0 Å². The predicted molar refractivity (Wildman–Crippen MR) is 136 cm³/mol. The Bertz CT molecular complexity index is 575. The highest BCUT2D eigenvalue weighted by Gasteiger charge is 2.19. The number of methoxy groups -OCH3 is 1. The maximum Gasteiger partial charge on any atom is 0.191 e. The van der Waals surface area contributed by atoms with E-state index >= 15 is 0 Å². The minimum absolute atomic E-state index is 0. The van der Waals surface area contributed by atoms with E-state index < -0.39 is 0 Å². The summed E-state index contributed by atoms with van der Waals surface area (Å²) in [5.74, 6) is 2.55. The van der Waals surface area contributed by atoms with E-state index in [-0.39, 0.29) is 24.0 Å². The number of nitrogens with one attached hydrogen (secondary N) is 2. The Morgan fingerprint density at radius 1 is 1.10 bits per heavy atom. The molecule has 1 heterocycles. The Kier molecular flexibility index (Phi) is 14.9. The molecule has 30 heavy (non-hydrogen) atoms. The minimum atomic E-state index is 0. The summed E-state index contributed by atoms with van der Waals surface area (Å²) in [4.78, 5) is 7.38. The number of unbranched alkanes of at least 4 members (excludes halogenated alkanes) is 1. The lowest BCUT2D eigenvalue weighted by molar-refractivity contribution is 0.143. The molecule has 1 fully saturated rings. The molecule has 0 radical (unpaired) electrons. The zero-order chi connectivity index (χ0) is 20.7. The summed E-state index contributed by atoms with van der Waals surface area (Å²) in [5.41, 5.74) is 1.35. The molecule has 1 saturated heterocycles. The van der Waals surface area contributed by atoms with Gasteiger partial charge in [-0.15, -0.1) is 24.0 Å². The van der Waals surface area contributed by atoms with Crippen LogP contribution in [-0.4, -0.2) is 63.9 Å². The highest BCUT2D eigenvalue weighted by atomic mass is 127. The van der Waals surface area contributed by atoms with Crippen LogP contribution in [0.4, 0.5) is 0 Å². The van der Waals surface area contributed by atoms with Gasteiger partial charge in [0.15, 0.2) is 5.96 Å². The van der Waals surface area contributed by atoms with Crippen molar-refractivity contribution < 1.29 is 9.47 Å². The maximum atomic E-state index is 5.39. The molecular formula is C23H41IN4O2. The molecule has 172 valence electrons. The summed E-state index contributed by atoms with van der Waals surface area (Å²) in [6.45, 7) is 11.9. The first-order chi connectivity index (χ1) is 14.2. The third-order valence-electron chi connectivity index (χ3n) is 5.34. The first-order valence-corrected chi connectivity index (χ1v) is 11.2. The van der Waals surface area contributed by atoms with Crippen LogP contribution in [0.2, 0.25) is 0 Å². The van der Waals surface area contributed by atoms with Crippen LogP contribution >= 0.6 is 24.0 Å². The lowest BCUT2D eigenvalue weighted by Crippen LogP contribution is -2.39. The van der Waals surface area contributed by atoms with Gasteiger partial charge < -0.3 is 20.1 Å². The van der Waals surface area contributed by atoms with Crippen LogP contribution in [-0.2, 0) is 11.3 Å². The van der Waals surface area contributed by atoms with Gasteiger partial charge in [-0.2, -0.15) is 0 Å². The number of halogens is 1. The van der Waals surface area contributed by atoms with Gasteiger partial charge >= 0.3 is 0 Å². The van der Waals surface area contributed by atoms with Gasteiger partial charge in [-0.05, 0) is 76.2 Å². The molecule has 0 atom stereocenters. The second-order valence-corrected chi connectivity index (χ2v) is 7.62. The fourth-order valence-electron chi connectivity index (χ4n) is 3.56. The first kappa shape index (κ1) is 27.0. The van der Waals surface area contributed by atoms with Crippen molar-refractivity contribution in [1.29, 1.82) is 0 Å². The van der Waals surface area contributed by atoms with E-state index in [0.29, 0.717) is 5.92 Å². The summed E-state index contributed by atoms with van der Waals surface area (Å²) in [6, 6.07) is 8.42. The molecule has 0 unspecified atom stereocenters. The molecule has 0 amide bonds. The van der Waals surface area contributed by atoms with Crippen molar-refractivity contribution in [3.05, 3.63) is 29.8 Å². The van der Waals surface area contributed by atoms with Gasteiger partial charge in [0, 0.05) is 39.4 Å². The number of hydrogen-bond acceptors (Lipinski definition) is 4. The van der Waals surface area contributed by atoms with Crippen molar-refractivity contribution in [1.82, 2.24) is 15.5 Å². The van der Waals surface area contributed by atoms with Crippen LogP contribution < -0.4 is 15.4 Å². The normalized spacial score (nSPS) is 15.5. The fraction of sp³-hybridized carbons (Fsp3) is 0.696. The zero-order valence-corrected chi connectivity index (χ0v) is 21.3. The molecule has 0 spiro atoms. The largest absolute Gasteiger partial charge is 0.497 e. The lowest BCUT2D eigenvalue weighted by atomic mass is 9.96. The third kappa shape index (κ3) is 10.8. The Morgan fingerprint density at radius 2 is 1.83 bits per heavy atom. The second kappa shape index (κ2) is 16.6. The molecule has 1 aromatic carbocycles. The topological polar surface area (TPSA) is 58.1 Å². The number of benzene rings is 1. The van der Waals surface area contributed by atoms with E-state index in [9.17, 15) is 0 Å². The van der Waals surface area contributed by atoms with Gasteiger partial charge in [0.25, 0.3) is 0 Å². The highest BCUT2D eigenvalue weighted by Crippen LogP contribution is 2.20. The van der Waals surface area contributed by atoms with E-state index in [4.69, 9.17) is 14.5 Å². The third-order valence-corrected chi connectivity index (χ3v) is 5.34. The lowest BCUT2D eigenvalue weighted by Gasteiger charge is -2.31. The number of ether oxygens (including phenoxy) is 2. The quantitative estimate of drug-likeness (QED) is 0.185. The summed E-state index contributed by atoms with van der Waals surface area (Å²) < 4.78 is 10.6. The molecule has 1 aliphatic heterocycles. The molecule has 1 aliphatic rings. The van der Waals surface area contributed by atoms with Crippen LogP contribution in [0.5, 0.6) is 5.75 Å². The molecule has 0 aliphatic carbocycles. The van der Waals surface area contributed by atoms with Crippen LogP contribution in [0.1, 0.15) is 45.1 Å². The van der Waals surface area contributed by atoms with E-state index in [1.165, 1.54) is 18.4 Å². The standard InChI is InChI=1S/C23H40N4O2.HI/c1-4-24-23(25-14-6-7-17-29-5-2)26-18-20-12-15-27(16-13-20)19-21-8-10-22(28-3)11-9-21;/h8-11,20H,4-7,12-19H2,1-3H3,(H2,24,25,26);1H. The Morgan fingerprint density at radius 3 is 2.47 bits per heavy atom.